The maximum absolute atomic E-state index is 13.5. The monoisotopic (exact) mass is 476 g/mol. The summed E-state index contributed by atoms with van der Waals surface area (Å²) in [5.74, 6) is 0.100. The van der Waals surface area contributed by atoms with Crippen LogP contribution < -0.4 is 0 Å². The first kappa shape index (κ1) is 23.2. The van der Waals surface area contributed by atoms with Crippen LogP contribution in [0.3, 0.4) is 0 Å². The summed E-state index contributed by atoms with van der Waals surface area (Å²) in [6.07, 6.45) is 1.75. The van der Waals surface area contributed by atoms with Crippen molar-refractivity contribution in [1.29, 1.82) is 0 Å². The highest BCUT2D eigenvalue weighted by Gasteiger charge is 2.50. The molecule has 1 N–H and O–H groups in total. The normalized spacial score (nSPS) is 24.0. The van der Waals surface area contributed by atoms with Crippen LogP contribution in [0, 0.1) is 6.92 Å². The first-order chi connectivity index (χ1) is 16.5. The van der Waals surface area contributed by atoms with E-state index in [1.54, 1.807) is 22.5 Å². The zero-order valence-electron chi connectivity index (χ0n) is 19.5. The molecule has 2 heterocycles. The Hall–Kier alpha value is -2.51. The van der Waals surface area contributed by atoms with E-state index in [4.69, 9.17) is 0 Å². The summed E-state index contributed by atoms with van der Waals surface area (Å²) < 4.78 is 28.7. The fourth-order valence-corrected chi connectivity index (χ4v) is 7.18. The van der Waals surface area contributed by atoms with E-state index < -0.39 is 10.0 Å². The highest BCUT2D eigenvalue weighted by Crippen LogP contribution is 2.43. The molecule has 0 aromatic heterocycles. The third-order valence-electron chi connectivity index (χ3n) is 7.36. The van der Waals surface area contributed by atoms with Crippen molar-refractivity contribution in [2.24, 2.45) is 0 Å². The van der Waals surface area contributed by atoms with E-state index >= 15 is 0 Å². The van der Waals surface area contributed by atoms with Crippen LogP contribution in [0.2, 0.25) is 0 Å². The summed E-state index contributed by atoms with van der Waals surface area (Å²) in [5, 5.41) is 10.2. The van der Waals surface area contributed by atoms with Gasteiger partial charge in [0.25, 0.3) is 0 Å². The molecule has 2 aliphatic heterocycles. The largest absolute Gasteiger partial charge is 0.395 e. The van der Waals surface area contributed by atoms with Gasteiger partial charge in [-0.25, -0.2) is 8.42 Å². The van der Waals surface area contributed by atoms with E-state index in [1.807, 2.05) is 31.2 Å². The second-order valence-electron chi connectivity index (χ2n) is 9.46. The first-order valence-electron chi connectivity index (χ1n) is 12.1. The van der Waals surface area contributed by atoms with Crippen molar-refractivity contribution in [1.82, 2.24) is 9.21 Å². The lowest BCUT2D eigenvalue weighted by Crippen LogP contribution is -2.67. The van der Waals surface area contributed by atoms with Crippen molar-refractivity contribution in [2.75, 3.05) is 26.2 Å². The summed E-state index contributed by atoms with van der Waals surface area (Å²) in [7, 11) is -3.57. The van der Waals surface area contributed by atoms with E-state index in [0.717, 1.165) is 36.1 Å². The molecule has 0 saturated carbocycles. The maximum Gasteiger partial charge on any atom is 0.243 e. The number of fused-ring (bicyclic) bond motifs is 1. The summed E-state index contributed by atoms with van der Waals surface area (Å²) in [5.41, 5.74) is 4.43. The van der Waals surface area contributed by atoms with Crippen LogP contribution in [0.1, 0.15) is 29.9 Å². The van der Waals surface area contributed by atoms with Gasteiger partial charge in [0.2, 0.25) is 10.0 Å². The van der Waals surface area contributed by atoms with E-state index in [-0.39, 0.29) is 24.6 Å². The van der Waals surface area contributed by atoms with Crippen molar-refractivity contribution in [3.63, 3.8) is 0 Å². The zero-order valence-corrected chi connectivity index (χ0v) is 20.4. The van der Waals surface area contributed by atoms with E-state index in [1.165, 1.54) is 5.56 Å². The molecule has 2 saturated heterocycles. The van der Waals surface area contributed by atoms with Gasteiger partial charge in [-0.1, -0.05) is 66.7 Å². The van der Waals surface area contributed by atoms with Gasteiger partial charge in [0, 0.05) is 31.1 Å². The van der Waals surface area contributed by atoms with Gasteiger partial charge < -0.3 is 5.11 Å². The molecule has 2 fully saturated rings. The van der Waals surface area contributed by atoms with Crippen LogP contribution in [0.4, 0.5) is 0 Å². The lowest BCUT2D eigenvalue weighted by Gasteiger charge is -2.57. The average molecular weight is 477 g/mol. The maximum atomic E-state index is 13.5. The summed E-state index contributed by atoms with van der Waals surface area (Å²) in [4.78, 5) is 2.68. The number of rotatable bonds is 5. The quantitative estimate of drug-likeness (QED) is 0.597. The van der Waals surface area contributed by atoms with Crippen molar-refractivity contribution >= 4 is 10.0 Å². The summed E-state index contributed by atoms with van der Waals surface area (Å²) in [6, 6.07) is 26.1. The molecule has 3 aromatic carbocycles. The zero-order chi connectivity index (χ0) is 23.7. The molecule has 5 rings (SSSR count). The first-order valence-corrected chi connectivity index (χ1v) is 13.5. The van der Waals surface area contributed by atoms with Gasteiger partial charge in [0.05, 0.1) is 11.5 Å². The molecule has 3 atom stereocenters. The Morgan fingerprint density at radius 1 is 0.882 bits per heavy atom. The molecule has 6 heteroatoms. The average Bonchev–Trinajstić information content (AvgIpc) is 2.84. The van der Waals surface area contributed by atoms with Crippen LogP contribution in [0.15, 0.2) is 83.8 Å². The van der Waals surface area contributed by atoms with Gasteiger partial charge in [-0.2, -0.15) is 4.31 Å². The lowest BCUT2D eigenvalue weighted by atomic mass is 9.74. The number of aryl methyl sites for hydroxylation is 1. The number of sulfonamides is 1. The van der Waals surface area contributed by atoms with Crippen LogP contribution in [-0.4, -0.2) is 61.1 Å². The predicted octanol–water partition coefficient (Wildman–Crippen LogP) is 4.28. The highest BCUT2D eigenvalue weighted by molar-refractivity contribution is 7.89. The van der Waals surface area contributed by atoms with Crippen LogP contribution >= 0.6 is 0 Å². The van der Waals surface area contributed by atoms with Gasteiger partial charge in [-0.05, 0) is 60.7 Å². The third-order valence-corrected chi connectivity index (χ3v) is 9.22. The second kappa shape index (κ2) is 9.62. The fraction of sp³-hybridized carbons (Fsp3) is 0.357. The molecule has 5 nitrogen and oxygen atoms in total. The smallest absolute Gasteiger partial charge is 0.243 e. The number of benzene rings is 3. The van der Waals surface area contributed by atoms with Gasteiger partial charge in [-0.15, -0.1) is 0 Å². The van der Waals surface area contributed by atoms with E-state index in [2.05, 4.69) is 41.3 Å². The number of nitrogens with zero attached hydrogens (tertiary/aromatic N) is 2. The molecule has 0 amide bonds. The van der Waals surface area contributed by atoms with Gasteiger partial charge in [-0.3, -0.25) is 4.90 Å². The molecule has 0 spiro atoms. The third kappa shape index (κ3) is 4.31. The highest BCUT2D eigenvalue weighted by atomic mass is 32.2. The van der Waals surface area contributed by atoms with Crippen LogP contribution in [0.5, 0.6) is 0 Å². The Morgan fingerprint density at radius 3 is 2.29 bits per heavy atom. The number of aliphatic hydroxyl groups is 1. The number of hydrogen-bond donors (Lipinski definition) is 1. The summed E-state index contributed by atoms with van der Waals surface area (Å²) in [6.45, 7) is 3.86. The van der Waals surface area contributed by atoms with Gasteiger partial charge >= 0.3 is 0 Å². The molecule has 0 bridgehead atoms. The van der Waals surface area contributed by atoms with Crippen molar-refractivity contribution in [2.45, 2.75) is 42.7 Å². The molecule has 0 unspecified atom stereocenters. The van der Waals surface area contributed by atoms with Gasteiger partial charge in [0.15, 0.2) is 0 Å². The fourth-order valence-electron chi connectivity index (χ4n) is 5.58. The van der Waals surface area contributed by atoms with E-state index in [9.17, 15) is 13.5 Å². The summed E-state index contributed by atoms with van der Waals surface area (Å²) >= 11 is 0. The number of aliphatic hydroxyl groups excluding tert-OH is 1. The topological polar surface area (TPSA) is 60.9 Å². The molecular formula is C28H32N2O3S. The Balaban J connectivity index is 1.43. The minimum atomic E-state index is -3.57. The van der Waals surface area contributed by atoms with Crippen molar-refractivity contribution < 1.29 is 13.5 Å². The lowest BCUT2D eigenvalue weighted by molar-refractivity contribution is -0.0553. The Kier molecular flexibility index (Phi) is 6.58. The molecule has 178 valence electrons. The molecule has 2 aliphatic rings. The second-order valence-corrected chi connectivity index (χ2v) is 11.4. The SMILES string of the molecule is Cc1cccc(S(=O)(=O)N2CCCCN3[C@H](C2)[C@H](c2ccc(-c4ccccc4)cc2)[C@@H]3CO)c1. The van der Waals surface area contributed by atoms with Crippen LogP contribution in [0.25, 0.3) is 11.1 Å². The van der Waals surface area contributed by atoms with Crippen molar-refractivity contribution in [3.8, 4) is 11.1 Å². The Bertz CT molecular complexity index is 1230. The van der Waals surface area contributed by atoms with E-state index in [0.29, 0.717) is 18.0 Å². The number of hydrogen-bond acceptors (Lipinski definition) is 4. The minimum absolute atomic E-state index is 0.0224. The molecular weight excluding hydrogens is 444 g/mol. The minimum Gasteiger partial charge on any atom is -0.395 e. The van der Waals surface area contributed by atoms with Gasteiger partial charge in [0.1, 0.15) is 0 Å². The van der Waals surface area contributed by atoms with Crippen molar-refractivity contribution in [3.05, 3.63) is 90.0 Å². The van der Waals surface area contributed by atoms with Crippen LogP contribution in [-0.2, 0) is 10.0 Å². The molecule has 3 aromatic rings. The predicted molar refractivity (Wildman–Crippen MR) is 135 cm³/mol. The Labute approximate surface area is 202 Å². The molecule has 0 aliphatic carbocycles. The Morgan fingerprint density at radius 2 is 1.59 bits per heavy atom. The molecule has 0 radical (unpaired) electrons. The standard InChI is InChI=1S/C28H32N2O3S/c1-21-8-7-11-25(18-21)34(32,33)29-16-5-6-17-30-26(19-29)28(27(30)20-31)24-14-12-23(13-15-24)22-9-3-2-4-10-22/h2-4,7-15,18,26-28,31H,5-6,16-17,19-20H2,1H3/t26-,27+,28+/m1/s1. The molecule has 34 heavy (non-hydrogen) atoms.